The van der Waals surface area contributed by atoms with Crippen molar-refractivity contribution in [2.45, 2.75) is 12.5 Å². The molecule has 0 radical (unpaired) electrons. The first-order valence-electron chi connectivity index (χ1n) is 6.81. The Kier molecular flexibility index (Phi) is 6.40. The van der Waals surface area contributed by atoms with Crippen molar-refractivity contribution in [1.82, 2.24) is 5.32 Å². The van der Waals surface area contributed by atoms with Crippen molar-refractivity contribution in [2.75, 3.05) is 5.32 Å². The highest BCUT2D eigenvalue weighted by Crippen LogP contribution is 2.21. The Morgan fingerprint density at radius 2 is 1.87 bits per heavy atom. The molecule has 3 amide bonds. The lowest BCUT2D eigenvalue weighted by molar-refractivity contribution is -0.116. The van der Waals surface area contributed by atoms with Gasteiger partial charge in [-0.2, -0.15) is 0 Å². The summed E-state index contributed by atoms with van der Waals surface area (Å²) in [5.74, 6) is -0.204. The zero-order valence-corrected chi connectivity index (χ0v) is 15.8. The van der Waals surface area contributed by atoms with Gasteiger partial charge in [0.1, 0.15) is 0 Å². The quantitative estimate of drug-likeness (QED) is 0.560. The molecule has 2 rings (SSSR count). The van der Waals surface area contributed by atoms with Gasteiger partial charge in [-0.25, -0.2) is 4.79 Å². The minimum atomic E-state index is -0.669. The first kappa shape index (κ1) is 17.7. The minimum Gasteiger partial charge on any atom is -0.352 e. The molecule has 120 valence electrons. The van der Waals surface area contributed by atoms with Crippen LogP contribution in [-0.4, -0.2) is 11.9 Å². The molecule has 5 nitrogen and oxygen atoms in total. The highest BCUT2D eigenvalue weighted by atomic mass is 127. The van der Waals surface area contributed by atoms with E-state index in [1.54, 1.807) is 0 Å². The standard InChI is InChI=1S/C16H15BrIN3O2/c17-11-3-1-2-10(8-11)14(21-16(19)23)9-15(22)20-13-6-4-12(18)5-7-13/h1-8,14H,9H2,(H,20,22)(H3,19,21,23). The number of carbonyl (C=O) groups is 2. The molecule has 1 atom stereocenters. The first-order chi connectivity index (χ1) is 10.9. The number of carbonyl (C=O) groups excluding carboxylic acids is 2. The van der Waals surface area contributed by atoms with Gasteiger partial charge >= 0.3 is 6.03 Å². The molecule has 0 aliphatic rings. The molecule has 2 aromatic carbocycles. The van der Waals surface area contributed by atoms with Crippen molar-refractivity contribution < 1.29 is 9.59 Å². The van der Waals surface area contributed by atoms with Crippen LogP contribution >= 0.6 is 38.5 Å². The maximum atomic E-state index is 12.2. The maximum Gasteiger partial charge on any atom is 0.312 e. The Hall–Kier alpha value is -1.61. The first-order valence-corrected chi connectivity index (χ1v) is 8.68. The predicted molar refractivity (Wildman–Crippen MR) is 102 cm³/mol. The van der Waals surface area contributed by atoms with Crippen LogP contribution in [0.4, 0.5) is 10.5 Å². The lowest BCUT2D eigenvalue weighted by Gasteiger charge is -2.18. The molecule has 0 aliphatic carbocycles. The summed E-state index contributed by atoms with van der Waals surface area (Å²) >= 11 is 5.57. The second kappa shape index (κ2) is 8.30. The Morgan fingerprint density at radius 3 is 2.48 bits per heavy atom. The summed E-state index contributed by atoms with van der Waals surface area (Å²) in [6, 6.07) is 13.7. The van der Waals surface area contributed by atoms with Crippen LogP contribution in [0.5, 0.6) is 0 Å². The van der Waals surface area contributed by atoms with E-state index in [1.165, 1.54) is 0 Å². The van der Waals surface area contributed by atoms with Crippen molar-refractivity contribution >= 4 is 56.1 Å². The van der Waals surface area contributed by atoms with Crippen LogP contribution in [0.3, 0.4) is 0 Å². The average Bonchev–Trinajstić information content (AvgIpc) is 2.48. The number of anilines is 1. The van der Waals surface area contributed by atoms with Gasteiger partial charge in [-0.3, -0.25) is 4.79 Å². The summed E-state index contributed by atoms with van der Waals surface area (Å²) in [6.07, 6.45) is 0.0887. The summed E-state index contributed by atoms with van der Waals surface area (Å²) in [5, 5.41) is 5.42. The van der Waals surface area contributed by atoms with E-state index in [1.807, 2.05) is 48.5 Å². The lowest BCUT2D eigenvalue weighted by atomic mass is 10.0. The van der Waals surface area contributed by atoms with Crippen LogP contribution in [0.15, 0.2) is 53.0 Å². The van der Waals surface area contributed by atoms with Crippen LogP contribution in [-0.2, 0) is 4.79 Å². The van der Waals surface area contributed by atoms with Crippen LogP contribution in [0, 0.1) is 3.57 Å². The highest BCUT2D eigenvalue weighted by molar-refractivity contribution is 14.1. The van der Waals surface area contributed by atoms with Gasteiger partial charge in [0, 0.05) is 13.7 Å². The Balaban J connectivity index is 2.09. The van der Waals surface area contributed by atoms with E-state index < -0.39 is 12.1 Å². The summed E-state index contributed by atoms with van der Waals surface area (Å²) in [5.41, 5.74) is 6.73. The molecule has 0 aromatic heterocycles. The van der Waals surface area contributed by atoms with E-state index in [-0.39, 0.29) is 12.3 Å². The smallest absolute Gasteiger partial charge is 0.312 e. The number of nitrogens with one attached hydrogen (secondary N) is 2. The zero-order valence-electron chi connectivity index (χ0n) is 12.1. The second-order valence-electron chi connectivity index (χ2n) is 4.88. The highest BCUT2D eigenvalue weighted by Gasteiger charge is 2.18. The van der Waals surface area contributed by atoms with E-state index in [0.29, 0.717) is 5.69 Å². The van der Waals surface area contributed by atoms with Crippen molar-refractivity contribution in [1.29, 1.82) is 0 Å². The van der Waals surface area contributed by atoms with Gasteiger partial charge < -0.3 is 16.4 Å². The third-order valence-corrected chi connectivity index (χ3v) is 4.30. The molecule has 0 aliphatic heterocycles. The second-order valence-corrected chi connectivity index (χ2v) is 7.04. The zero-order chi connectivity index (χ0) is 16.8. The van der Waals surface area contributed by atoms with E-state index in [2.05, 4.69) is 49.2 Å². The topological polar surface area (TPSA) is 84.2 Å². The van der Waals surface area contributed by atoms with Gasteiger partial charge in [-0.05, 0) is 64.6 Å². The number of amides is 3. The molecule has 0 saturated heterocycles. The van der Waals surface area contributed by atoms with Gasteiger partial charge in [0.25, 0.3) is 0 Å². The SMILES string of the molecule is NC(=O)NC(CC(=O)Nc1ccc(I)cc1)c1cccc(Br)c1. The number of benzene rings is 2. The molecule has 2 aromatic rings. The van der Waals surface area contributed by atoms with Gasteiger partial charge in [0.2, 0.25) is 5.91 Å². The van der Waals surface area contributed by atoms with Crippen molar-refractivity contribution in [2.24, 2.45) is 5.73 Å². The molecule has 0 saturated carbocycles. The number of primary amides is 1. The Labute approximate surface area is 156 Å². The third-order valence-electron chi connectivity index (χ3n) is 3.09. The molecule has 23 heavy (non-hydrogen) atoms. The number of rotatable bonds is 5. The van der Waals surface area contributed by atoms with Gasteiger partial charge in [0.15, 0.2) is 0 Å². The number of hydrogen-bond donors (Lipinski definition) is 3. The number of nitrogens with two attached hydrogens (primary N) is 1. The Morgan fingerprint density at radius 1 is 1.17 bits per heavy atom. The molecule has 0 heterocycles. The van der Waals surface area contributed by atoms with Crippen molar-refractivity contribution in [3.63, 3.8) is 0 Å². The van der Waals surface area contributed by atoms with Gasteiger partial charge in [-0.1, -0.05) is 28.1 Å². The summed E-state index contributed by atoms with van der Waals surface area (Å²) in [7, 11) is 0. The monoisotopic (exact) mass is 487 g/mol. The number of halogens is 2. The van der Waals surface area contributed by atoms with E-state index in [9.17, 15) is 9.59 Å². The molecule has 0 fully saturated rings. The largest absolute Gasteiger partial charge is 0.352 e. The number of urea groups is 1. The van der Waals surface area contributed by atoms with Crippen LogP contribution in [0.25, 0.3) is 0 Å². The van der Waals surface area contributed by atoms with Gasteiger partial charge in [-0.15, -0.1) is 0 Å². The molecule has 0 bridgehead atoms. The number of hydrogen-bond acceptors (Lipinski definition) is 2. The van der Waals surface area contributed by atoms with Crippen molar-refractivity contribution in [3.8, 4) is 0 Å². The molecule has 1 unspecified atom stereocenters. The summed E-state index contributed by atoms with van der Waals surface area (Å²) in [6.45, 7) is 0. The fourth-order valence-electron chi connectivity index (χ4n) is 2.08. The molecule has 4 N–H and O–H groups in total. The van der Waals surface area contributed by atoms with E-state index in [0.717, 1.165) is 13.6 Å². The van der Waals surface area contributed by atoms with Crippen molar-refractivity contribution in [3.05, 3.63) is 62.1 Å². The van der Waals surface area contributed by atoms with Crippen LogP contribution < -0.4 is 16.4 Å². The Bertz CT molecular complexity index is 707. The third kappa shape index (κ3) is 5.83. The van der Waals surface area contributed by atoms with E-state index >= 15 is 0 Å². The normalized spacial score (nSPS) is 11.6. The summed E-state index contributed by atoms with van der Waals surface area (Å²) in [4.78, 5) is 23.4. The lowest BCUT2D eigenvalue weighted by Crippen LogP contribution is -2.35. The average molecular weight is 488 g/mol. The van der Waals surface area contributed by atoms with E-state index in [4.69, 9.17) is 5.73 Å². The summed E-state index contributed by atoms with van der Waals surface area (Å²) < 4.78 is 1.95. The fraction of sp³-hybridized carbons (Fsp3) is 0.125. The molecule has 7 heteroatoms. The minimum absolute atomic E-state index is 0.0887. The molecular weight excluding hydrogens is 473 g/mol. The maximum absolute atomic E-state index is 12.2. The predicted octanol–water partition coefficient (Wildman–Crippen LogP) is 3.79. The van der Waals surface area contributed by atoms with Crippen LogP contribution in [0.1, 0.15) is 18.0 Å². The molecule has 0 spiro atoms. The molecular formula is C16H15BrIN3O2. The fourth-order valence-corrected chi connectivity index (χ4v) is 2.85. The van der Waals surface area contributed by atoms with Crippen LogP contribution in [0.2, 0.25) is 0 Å². The van der Waals surface area contributed by atoms with Gasteiger partial charge in [0.05, 0.1) is 12.5 Å².